The zero-order valence-electron chi connectivity index (χ0n) is 15.8. The van der Waals surface area contributed by atoms with E-state index in [1.54, 1.807) is 7.11 Å². The highest BCUT2D eigenvalue weighted by molar-refractivity contribution is 14.0. The molecule has 25 heavy (non-hydrogen) atoms. The molecule has 1 aliphatic rings. The van der Waals surface area contributed by atoms with E-state index >= 15 is 0 Å². The Morgan fingerprint density at radius 3 is 2.64 bits per heavy atom. The van der Waals surface area contributed by atoms with Gasteiger partial charge in [0.15, 0.2) is 5.96 Å². The third-order valence-electron chi connectivity index (χ3n) is 4.62. The van der Waals surface area contributed by atoms with Gasteiger partial charge in [0, 0.05) is 30.7 Å². The number of guanidine groups is 1. The van der Waals surface area contributed by atoms with E-state index in [1.807, 2.05) is 6.07 Å². The lowest BCUT2D eigenvalue weighted by Crippen LogP contribution is -2.40. The van der Waals surface area contributed by atoms with Crippen LogP contribution in [0, 0.1) is 12.8 Å². The van der Waals surface area contributed by atoms with Crippen molar-refractivity contribution in [3.05, 3.63) is 29.3 Å². The molecule has 0 atom stereocenters. The molecule has 0 aliphatic carbocycles. The highest BCUT2D eigenvalue weighted by Gasteiger charge is 2.37. The molecule has 3 N–H and O–H groups in total. The van der Waals surface area contributed by atoms with Crippen molar-refractivity contribution < 1.29 is 9.47 Å². The van der Waals surface area contributed by atoms with Gasteiger partial charge in [-0.1, -0.05) is 31.5 Å². The topological polar surface area (TPSA) is 68.9 Å². The van der Waals surface area contributed by atoms with Crippen LogP contribution in [0.15, 0.2) is 23.2 Å². The highest BCUT2D eigenvalue weighted by atomic mass is 127. The van der Waals surface area contributed by atoms with Gasteiger partial charge in [-0.15, -0.1) is 24.0 Å². The summed E-state index contributed by atoms with van der Waals surface area (Å²) in [5.74, 6) is 1.97. The van der Waals surface area contributed by atoms with Gasteiger partial charge in [-0.3, -0.25) is 4.99 Å². The zero-order chi connectivity index (χ0) is 17.6. The molecule has 1 aromatic carbocycles. The maximum absolute atomic E-state index is 6.05. The Labute approximate surface area is 168 Å². The molecule has 1 saturated heterocycles. The maximum Gasteiger partial charge on any atom is 0.188 e. The van der Waals surface area contributed by atoms with Gasteiger partial charge in [-0.05, 0) is 31.7 Å². The molecule has 1 heterocycles. The number of nitrogens with two attached hydrogens (primary N) is 1. The average molecular weight is 461 g/mol. The van der Waals surface area contributed by atoms with Crippen LogP contribution in [0.5, 0.6) is 5.75 Å². The van der Waals surface area contributed by atoms with Crippen LogP contribution < -0.4 is 15.8 Å². The molecule has 0 radical (unpaired) electrons. The summed E-state index contributed by atoms with van der Waals surface area (Å²) in [6.07, 6.45) is 1.85. The minimum atomic E-state index is -0.0836. The number of nitrogens with one attached hydrogen (secondary N) is 1. The smallest absolute Gasteiger partial charge is 0.188 e. The van der Waals surface area contributed by atoms with E-state index in [0.717, 1.165) is 38.3 Å². The van der Waals surface area contributed by atoms with Gasteiger partial charge in [0.05, 0.1) is 13.7 Å². The number of hydrogen-bond acceptors (Lipinski definition) is 3. The first kappa shape index (κ1) is 22.0. The van der Waals surface area contributed by atoms with Gasteiger partial charge in [0.25, 0.3) is 0 Å². The van der Waals surface area contributed by atoms with E-state index < -0.39 is 0 Å². The molecule has 0 bridgehead atoms. The molecule has 1 aromatic rings. The van der Waals surface area contributed by atoms with Crippen molar-refractivity contribution in [2.24, 2.45) is 16.6 Å². The Morgan fingerprint density at radius 2 is 2.04 bits per heavy atom. The number of halogens is 1. The van der Waals surface area contributed by atoms with Crippen molar-refractivity contribution in [2.75, 3.05) is 33.4 Å². The molecular formula is C19H32IN3O2. The summed E-state index contributed by atoms with van der Waals surface area (Å²) in [6, 6.07) is 6.35. The van der Waals surface area contributed by atoms with Crippen LogP contribution in [0.2, 0.25) is 0 Å². The van der Waals surface area contributed by atoms with Crippen LogP contribution >= 0.6 is 24.0 Å². The van der Waals surface area contributed by atoms with Crippen molar-refractivity contribution in [1.82, 2.24) is 5.32 Å². The van der Waals surface area contributed by atoms with E-state index in [-0.39, 0.29) is 29.4 Å². The van der Waals surface area contributed by atoms with Gasteiger partial charge in [-0.25, -0.2) is 0 Å². The van der Waals surface area contributed by atoms with Gasteiger partial charge >= 0.3 is 0 Å². The molecule has 0 amide bonds. The first-order valence-corrected chi connectivity index (χ1v) is 8.73. The molecule has 2 rings (SSSR count). The molecule has 0 aromatic heterocycles. The second kappa shape index (κ2) is 10.2. The molecule has 1 aliphatic heterocycles. The summed E-state index contributed by atoms with van der Waals surface area (Å²) >= 11 is 0. The van der Waals surface area contributed by atoms with Crippen molar-refractivity contribution in [3.63, 3.8) is 0 Å². The number of nitrogens with zero attached hydrogens (tertiary/aromatic N) is 1. The van der Waals surface area contributed by atoms with Crippen LogP contribution in [0.3, 0.4) is 0 Å². The van der Waals surface area contributed by atoms with Crippen molar-refractivity contribution in [3.8, 4) is 5.75 Å². The molecule has 0 unspecified atom stereocenters. The summed E-state index contributed by atoms with van der Waals surface area (Å²) < 4.78 is 11.2. The fraction of sp³-hybridized carbons (Fsp3) is 0.632. The predicted octanol–water partition coefficient (Wildman–Crippen LogP) is 3.23. The fourth-order valence-electron chi connectivity index (χ4n) is 3.11. The first-order valence-electron chi connectivity index (χ1n) is 8.73. The number of benzene rings is 1. The highest BCUT2D eigenvalue weighted by Crippen LogP contribution is 2.40. The van der Waals surface area contributed by atoms with Crippen molar-refractivity contribution in [2.45, 2.75) is 39.0 Å². The summed E-state index contributed by atoms with van der Waals surface area (Å²) in [6.45, 7) is 9.37. The fourth-order valence-corrected chi connectivity index (χ4v) is 3.11. The van der Waals surface area contributed by atoms with E-state index in [4.69, 9.17) is 15.2 Å². The number of aryl methyl sites for hydroxylation is 1. The number of rotatable bonds is 6. The molecule has 0 spiro atoms. The Bertz CT molecular complexity index is 570. The standard InChI is InChI=1S/C19H31N3O2.HI/c1-14(2)12-21-18(20)22-13-19(7-9-24-10-8-19)16-11-15(3)5-6-17(16)23-4;/h5-6,11,14H,7-10,12-13H2,1-4H3,(H3,20,21,22);1H. The third kappa shape index (κ3) is 6.02. The summed E-state index contributed by atoms with van der Waals surface area (Å²) in [7, 11) is 1.73. The SMILES string of the molecule is COc1ccc(C)cc1C1(CN=C(N)NCC(C)C)CCOCC1.I. The summed E-state index contributed by atoms with van der Waals surface area (Å²) in [5, 5.41) is 3.20. The van der Waals surface area contributed by atoms with E-state index in [0.29, 0.717) is 18.4 Å². The number of aliphatic imine (C=N–C) groups is 1. The van der Waals surface area contributed by atoms with E-state index in [2.05, 4.69) is 43.2 Å². The molecule has 6 heteroatoms. The van der Waals surface area contributed by atoms with E-state index in [9.17, 15) is 0 Å². The predicted molar refractivity (Wildman–Crippen MR) is 114 cm³/mol. The van der Waals surface area contributed by atoms with Crippen molar-refractivity contribution in [1.29, 1.82) is 0 Å². The Morgan fingerprint density at radius 1 is 1.36 bits per heavy atom. The van der Waals surface area contributed by atoms with Crippen LogP contribution in [-0.4, -0.2) is 39.4 Å². The second-order valence-corrected chi connectivity index (χ2v) is 7.07. The van der Waals surface area contributed by atoms with Gasteiger partial charge in [-0.2, -0.15) is 0 Å². The lowest BCUT2D eigenvalue weighted by Gasteiger charge is -2.37. The summed E-state index contributed by atoms with van der Waals surface area (Å²) in [5.41, 5.74) is 8.41. The average Bonchev–Trinajstić information content (AvgIpc) is 2.59. The molecule has 1 fully saturated rings. The monoisotopic (exact) mass is 461 g/mol. The molecule has 5 nitrogen and oxygen atoms in total. The molecular weight excluding hydrogens is 429 g/mol. The van der Waals surface area contributed by atoms with Crippen LogP contribution in [0.1, 0.15) is 37.8 Å². The van der Waals surface area contributed by atoms with Crippen molar-refractivity contribution >= 4 is 29.9 Å². The third-order valence-corrected chi connectivity index (χ3v) is 4.62. The minimum Gasteiger partial charge on any atom is -0.496 e. The first-order chi connectivity index (χ1) is 11.5. The van der Waals surface area contributed by atoms with E-state index in [1.165, 1.54) is 11.1 Å². The number of methoxy groups -OCH3 is 1. The van der Waals surface area contributed by atoms with Crippen LogP contribution in [0.4, 0.5) is 0 Å². The Kier molecular flexibility index (Phi) is 8.99. The lowest BCUT2D eigenvalue weighted by atomic mass is 9.73. The van der Waals surface area contributed by atoms with Gasteiger partial charge < -0.3 is 20.5 Å². The normalized spacial score (nSPS) is 17.1. The van der Waals surface area contributed by atoms with Crippen LogP contribution in [0.25, 0.3) is 0 Å². The number of ether oxygens (including phenoxy) is 2. The molecule has 0 saturated carbocycles. The lowest BCUT2D eigenvalue weighted by molar-refractivity contribution is 0.0522. The Hall–Kier alpha value is -1.02. The summed E-state index contributed by atoms with van der Waals surface area (Å²) in [4.78, 5) is 4.65. The number of hydrogen-bond donors (Lipinski definition) is 2. The maximum atomic E-state index is 6.05. The Balaban J connectivity index is 0.00000312. The second-order valence-electron chi connectivity index (χ2n) is 7.07. The quantitative estimate of drug-likeness (QED) is 0.388. The van der Waals surface area contributed by atoms with Gasteiger partial charge in [0.1, 0.15) is 5.75 Å². The minimum absolute atomic E-state index is 0. The molecule has 142 valence electrons. The zero-order valence-corrected chi connectivity index (χ0v) is 18.1. The van der Waals surface area contributed by atoms with Gasteiger partial charge in [0.2, 0.25) is 0 Å². The van der Waals surface area contributed by atoms with Crippen LogP contribution in [-0.2, 0) is 10.2 Å². The largest absolute Gasteiger partial charge is 0.496 e.